The van der Waals surface area contributed by atoms with Gasteiger partial charge in [-0.1, -0.05) is 26.2 Å². The number of nitrogens with two attached hydrogens (primary N) is 1. The number of hydrogen-bond donors (Lipinski definition) is 2. The zero-order chi connectivity index (χ0) is 8.69. The van der Waals surface area contributed by atoms with Gasteiger partial charge in [0.05, 0.1) is 6.10 Å². The fourth-order valence-electron chi connectivity index (χ4n) is 1.18. The Morgan fingerprint density at radius 3 is 2.45 bits per heavy atom. The van der Waals surface area contributed by atoms with Gasteiger partial charge in [-0.3, -0.25) is 0 Å². The lowest BCUT2D eigenvalue weighted by atomic mass is 10.1. The van der Waals surface area contributed by atoms with Crippen molar-refractivity contribution in [1.29, 1.82) is 0 Å². The molecule has 68 valence electrons. The molecule has 0 aromatic heterocycles. The second kappa shape index (κ2) is 6.62. The Morgan fingerprint density at radius 2 is 2.00 bits per heavy atom. The van der Waals surface area contributed by atoms with Crippen LogP contribution in [-0.4, -0.2) is 17.3 Å². The molecule has 0 aliphatic carbocycles. The Kier molecular flexibility index (Phi) is 6.57. The molecule has 0 fully saturated rings. The summed E-state index contributed by atoms with van der Waals surface area (Å²) in [6.07, 6.45) is 5.03. The van der Waals surface area contributed by atoms with Crippen LogP contribution in [0.2, 0.25) is 0 Å². The lowest BCUT2D eigenvalue weighted by molar-refractivity contribution is 0.144. The maximum absolute atomic E-state index is 9.37. The first kappa shape index (κ1) is 10.9. The summed E-state index contributed by atoms with van der Waals surface area (Å²) in [6, 6.07) is 0.131. The molecular weight excluding hydrogens is 138 g/mol. The number of unbranched alkanes of at least 4 members (excludes halogenated alkanes) is 2. The third kappa shape index (κ3) is 7.82. The molecule has 0 saturated carbocycles. The predicted octanol–water partition coefficient (Wildman–Crippen LogP) is 1.66. The normalized spacial score (nSPS) is 16.4. The Balaban J connectivity index is 3.15. The summed E-state index contributed by atoms with van der Waals surface area (Å²) in [6.45, 7) is 4.10. The second-order valence-corrected chi connectivity index (χ2v) is 3.36. The fraction of sp³-hybridized carbons (Fsp3) is 1.00. The van der Waals surface area contributed by atoms with Crippen molar-refractivity contribution in [3.05, 3.63) is 0 Å². The van der Waals surface area contributed by atoms with Gasteiger partial charge in [0, 0.05) is 6.04 Å². The molecule has 0 radical (unpaired) electrons. The fourth-order valence-corrected chi connectivity index (χ4v) is 1.18. The van der Waals surface area contributed by atoms with Gasteiger partial charge in [0.1, 0.15) is 0 Å². The highest BCUT2D eigenvalue weighted by atomic mass is 16.3. The van der Waals surface area contributed by atoms with E-state index >= 15 is 0 Å². The van der Waals surface area contributed by atoms with E-state index < -0.39 is 0 Å². The van der Waals surface area contributed by atoms with Gasteiger partial charge in [0.2, 0.25) is 0 Å². The third-order valence-corrected chi connectivity index (χ3v) is 1.78. The summed E-state index contributed by atoms with van der Waals surface area (Å²) in [5.74, 6) is 0. The van der Waals surface area contributed by atoms with Crippen molar-refractivity contribution in [2.45, 2.75) is 58.1 Å². The van der Waals surface area contributed by atoms with Crippen molar-refractivity contribution in [1.82, 2.24) is 0 Å². The minimum absolute atomic E-state index is 0.131. The summed E-state index contributed by atoms with van der Waals surface area (Å²) in [7, 11) is 0. The molecule has 0 aromatic rings. The first-order chi connectivity index (χ1) is 5.16. The number of rotatable bonds is 6. The van der Waals surface area contributed by atoms with Gasteiger partial charge >= 0.3 is 0 Å². The molecule has 3 N–H and O–H groups in total. The third-order valence-electron chi connectivity index (χ3n) is 1.78. The Bertz CT molecular complexity index is 83.6. The van der Waals surface area contributed by atoms with Gasteiger partial charge in [0.15, 0.2) is 0 Å². The van der Waals surface area contributed by atoms with Crippen molar-refractivity contribution in [3.8, 4) is 0 Å². The number of aliphatic hydroxyl groups excluding tert-OH is 1. The molecular formula is C9H21NO. The molecule has 0 aromatic carbocycles. The SMILES string of the molecule is CCCCCC(O)CC(C)N. The minimum atomic E-state index is -0.179. The van der Waals surface area contributed by atoms with E-state index in [4.69, 9.17) is 5.73 Å². The van der Waals surface area contributed by atoms with Crippen LogP contribution in [0.25, 0.3) is 0 Å². The average Bonchev–Trinajstić information content (AvgIpc) is 1.86. The molecule has 2 atom stereocenters. The molecule has 0 spiro atoms. The summed E-state index contributed by atoms with van der Waals surface area (Å²) in [5, 5.41) is 9.37. The minimum Gasteiger partial charge on any atom is -0.393 e. The average molecular weight is 159 g/mol. The molecule has 0 aliphatic heterocycles. The molecule has 11 heavy (non-hydrogen) atoms. The molecule has 0 amide bonds. The van der Waals surface area contributed by atoms with E-state index in [0.717, 1.165) is 19.3 Å². The second-order valence-electron chi connectivity index (χ2n) is 3.36. The first-order valence-electron chi connectivity index (χ1n) is 4.60. The highest BCUT2D eigenvalue weighted by Gasteiger charge is 2.05. The molecule has 0 rings (SSSR count). The van der Waals surface area contributed by atoms with E-state index in [9.17, 15) is 5.11 Å². The van der Waals surface area contributed by atoms with Crippen LogP contribution in [0.1, 0.15) is 46.0 Å². The van der Waals surface area contributed by atoms with E-state index in [1.54, 1.807) is 0 Å². The van der Waals surface area contributed by atoms with Crippen LogP contribution >= 0.6 is 0 Å². The Hall–Kier alpha value is -0.0800. The van der Waals surface area contributed by atoms with Crippen LogP contribution in [-0.2, 0) is 0 Å². The smallest absolute Gasteiger partial charge is 0.0554 e. The topological polar surface area (TPSA) is 46.2 Å². The van der Waals surface area contributed by atoms with Crippen LogP contribution in [0.3, 0.4) is 0 Å². The van der Waals surface area contributed by atoms with E-state index in [2.05, 4.69) is 6.92 Å². The maximum Gasteiger partial charge on any atom is 0.0554 e. The molecule has 0 heterocycles. The van der Waals surface area contributed by atoms with Crippen molar-refractivity contribution in [2.24, 2.45) is 5.73 Å². The molecule has 0 bridgehead atoms. The Morgan fingerprint density at radius 1 is 1.36 bits per heavy atom. The van der Waals surface area contributed by atoms with Crippen LogP contribution in [0.5, 0.6) is 0 Å². The molecule has 2 nitrogen and oxygen atoms in total. The highest BCUT2D eigenvalue weighted by Crippen LogP contribution is 2.07. The van der Waals surface area contributed by atoms with E-state index in [-0.39, 0.29) is 12.1 Å². The van der Waals surface area contributed by atoms with Gasteiger partial charge in [0.25, 0.3) is 0 Å². The number of aliphatic hydroxyl groups is 1. The quantitative estimate of drug-likeness (QED) is 0.579. The van der Waals surface area contributed by atoms with Crippen molar-refractivity contribution >= 4 is 0 Å². The lowest BCUT2D eigenvalue weighted by Crippen LogP contribution is -2.22. The monoisotopic (exact) mass is 159 g/mol. The zero-order valence-electron chi connectivity index (χ0n) is 7.71. The maximum atomic E-state index is 9.37. The van der Waals surface area contributed by atoms with Crippen LogP contribution in [0.4, 0.5) is 0 Å². The lowest BCUT2D eigenvalue weighted by Gasteiger charge is -2.11. The largest absolute Gasteiger partial charge is 0.393 e. The predicted molar refractivity (Wildman–Crippen MR) is 48.4 cm³/mol. The van der Waals surface area contributed by atoms with E-state index in [1.165, 1.54) is 12.8 Å². The molecule has 0 saturated heterocycles. The van der Waals surface area contributed by atoms with Crippen LogP contribution in [0.15, 0.2) is 0 Å². The van der Waals surface area contributed by atoms with Crippen molar-refractivity contribution < 1.29 is 5.11 Å². The Labute approximate surface area is 69.8 Å². The molecule has 0 aliphatic rings. The first-order valence-corrected chi connectivity index (χ1v) is 4.60. The van der Waals surface area contributed by atoms with Crippen molar-refractivity contribution in [3.63, 3.8) is 0 Å². The van der Waals surface area contributed by atoms with E-state index in [1.807, 2.05) is 6.92 Å². The summed E-state index contributed by atoms with van der Waals surface area (Å²) < 4.78 is 0. The molecule has 2 unspecified atom stereocenters. The van der Waals surface area contributed by atoms with Gasteiger partial charge < -0.3 is 10.8 Å². The van der Waals surface area contributed by atoms with E-state index in [0.29, 0.717) is 0 Å². The van der Waals surface area contributed by atoms with Gasteiger partial charge in [-0.2, -0.15) is 0 Å². The van der Waals surface area contributed by atoms with Crippen LogP contribution in [0, 0.1) is 0 Å². The zero-order valence-corrected chi connectivity index (χ0v) is 7.71. The summed E-state index contributed by atoms with van der Waals surface area (Å²) in [5.41, 5.74) is 5.54. The van der Waals surface area contributed by atoms with Gasteiger partial charge in [-0.05, 0) is 19.8 Å². The number of hydrogen-bond acceptors (Lipinski definition) is 2. The van der Waals surface area contributed by atoms with Gasteiger partial charge in [-0.15, -0.1) is 0 Å². The highest BCUT2D eigenvalue weighted by molar-refractivity contribution is 4.62. The van der Waals surface area contributed by atoms with Gasteiger partial charge in [-0.25, -0.2) is 0 Å². The van der Waals surface area contributed by atoms with Crippen LogP contribution < -0.4 is 5.73 Å². The molecule has 2 heteroatoms. The summed E-state index contributed by atoms with van der Waals surface area (Å²) >= 11 is 0. The van der Waals surface area contributed by atoms with Crippen molar-refractivity contribution in [2.75, 3.05) is 0 Å². The standard InChI is InChI=1S/C9H21NO/c1-3-4-5-6-9(11)7-8(2)10/h8-9,11H,3-7,10H2,1-2H3. The summed E-state index contributed by atoms with van der Waals surface area (Å²) in [4.78, 5) is 0.